The van der Waals surface area contributed by atoms with Crippen LogP contribution >= 0.6 is 0 Å². The lowest BCUT2D eigenvalue weighted by molar-refractivity contribution is 0.457. The highest BCUT2D eigenvalue weighted by molar-refractivity contribution is 5.93. The van der Waals surface area contributed by atoms with Crippen molar-refractivity contribution in [3.05, 3.63) is 30.5 Å². The van der Waals surface area contributed by atoms with Crippen LogP contribution in [0.1, 0.15) is 27.7 Å². The smallest absolute Gasteiger partial charge is 0.0743 e. The van der Waals surface area contributed by atoms with E-state index in [1.807, 2.05) is 30.5 Å². The Morgan fingerprint density at radius 2 is 1.79 bits per heavy atom. The highest BCUT2D eigenvalue weighted by atomic mass is 15.0. The van der Waals surface area contributed by atoms with Crippen LogP contribution in [0.4, 0.5) is 11.4 Å². The lowest BCUT2D eigenvalue weighted by Crippen LogP contribution is -2.10. The molecule has 3 heteroatoms. The first-order valence-corrected chi connectivity index (χ1v) is 6.75. The summed E-state index contributed by atoms with van der Waals surface area (Å²) < 4.78 is 0. The SMILES string of the molecule is CC1(C)C(Nc2ccnc3cc(N)ccc23)C1(C)C. The number of fused-ring (bicyclic) bond motifs is 1. The number of hydrogen-bond donors (Lipinski definition) is 2. The zero-order valence-corrected chi connectivity index (χ0v) is 12.0. The van der Waals surface area contributed by atoms with Crippen LogP contribution in [0.25, 0.3) is 10.9 Å². The van der Waals surface area contributed by atoms with E-state index in [9.17, 15) is 0 Å². The van der Waals surface area contributed by atoms with E-state index in [2.05, 4.69) is 38.0 Å². The van der Waals surface area contributed by atoms with Gasteiger partial charge in [0, 0.05) is 29.0 Å². The van der Waals surface area contributed by atoms with Crippen molar-refractivity contribution >= 4 is 22.3 Å². The fourth-order valence-corrected chi connectivity index (χ4v) is 3.00. The van der Waals surface area contributed by atoms with Crippen molar-refractivity contribution in [2.75, 3.05) is 11.1 Å². The van der Waals surface area contributed by atoms with Gasteiger partial charge in [0.2, 0.25) is 0 Å². The molecular weight excluding hydrogens is 234 g/mol. The minimum atomic E-state index is 0.316. The van der Waals surface area contributed by atoms with Crippen molar-refractivity contribution in [2.24, 2.45) is 10.8 Å². The molecule has 0 atom stereocenters. The van der Waals surface area contributed by atoms with Crippen molar-refractivity contribution < 1.29 is 0 Å². The first-order valence-electron chi connectivity index (χ1n) is 6.75. The lowest BCUT2D eigenvalue weighted by atomic mass is 10.0. The van der Waals surface area contributed by atoms with Crippen LogP contribution in [-0.4, -0.2) is 11.0 Å². The molecule has 0 spiro atoms. The first-order chi connectivity index (χ1) is 8.84. The zero-order chi connectivity index (χ0) is 13.8. The van der Waals surface area contributed by atoms with Crippen molar-refractivity contribution in [1.82, 2.24) is 4.98 Å². The first kappa shape index (κ1) is 12.3. The summed E-state index contributed by atoms with van der Waals surface area (Å²) in [7, 11) is 0. The minimum absolute atomic E-state index is 0.316. The molecule has 3 nitrogen and oxygen atoms in total. The Morgan fingerprint density at radius 3 is 2.42 bits per heavy atom. The standard InChI is InChI=1S/C16H21N3/c1-15(2)14(16(15,3)4)19-12-7-8-18-13-9-10(17)5-6-11(12)13/h5-9,14H,17H2,1-4H3,(H,18,19). The molecule has 0 bridgehead atoms. The van der Waals surface area contributed by atoms with Gasteiger partial charge in [-0.25, -0.2) is 0 Å². The maximum Gasteiger partial charge on any atom is 0.0743 e. The quantitative estimate of drug-likeness (QED) is 0.805. The van der Waals surface area contributed by atoms with Crippen molar-refractivity contribution in [3.8, 4) is 0 Å². The molecule has 0 saturated heterocycles. The topological polar surface area (TPSA) is 50.9 Å². The Bertz CT molecular complexity index is 629. The second-order valence-corrected chi connectivity index (χ2v) is 6.66. The number of aromatic nitrogens is 1. The van der Waals surface area contributed by atoms with Gasteiger partial charge in [-0.1, -0.05) is 27.7 Å². The summed E-state index contributed by atoms with van der Waals surface area (Å²) in [6.45, 7) is 9.25. The van der Waals surface area contributed by atoms with Gasteiger partial charge in [-0.3, -0.25) is 4.98 Å². The number of nitrogens with two attached hydrogens (primary N) is 1. The number of pyridine rings is 1. The summed E-state index contributed by atoms with van der Waals surface area (Å²) in [6, 6.07) is 8.43. The van der Waals surface area contributed by atoms with Gasteiger partial charge in [0.05, 0.1) is 5.52 Å². The normalized spacial score (nSPS) is 20.4. The molecule has 1 aromatic heterocycles. The molecule has 2 aromatic rings. The predicted molar refractivity (Wildman–Crippen MR) is 81.1 cm³/mol. The van der Waals surface area contributed by atoms with E-state index in [1.54, 1.807) is 0 Å². The molecule has 1 aromatic carbocycles. The average molecular weight is 255 g/mol. The lowest BCUT2D eigenvalue weighted by Gasteiger charge is -2.11. The predicted octanol–water partition coefficient (Wildman–Crippen LogP) is 3.66. The Morgan fingerprint density at radius 1 is 1.11 bits per heavy atom. The fourth-order valence-electron chi connectivity index (χ4n) is 3.00. The Hall–Kier alpha value is -1.77. The molecule has 1 fully saturated rings. The molecule has 0 radical (unpaired) electrons. The molecule has 1 heterocycles. The molecule has 3 N–H and O–H groups in total. The molecule has 19 heavy (non-hydrogen) atoms. The van der Waals surface area contributed by atoms with Gasteiger partial charge in [-0.05, 0) is 35.1 Å². The van der Waals surface area contributed by atoms with Crippen LogP contribution in [0.2, 0.25) is 0 Å². The minimum Gasteiger partial charge on any atom is -0.399 e. The number of hydrogen-bond acceptors (Lipinski definition) is 3. The highest BCUT2D eigenvalue weighted by Gasteiger charge is 2.64. The van der Waals surface area contributed by atoms with E-state index >= 15 is 0 Å². The van der Waals surface area contributed by atoms with Gasteiger partial charge in [0.15, 0.2) is 0 Å². The third-order valence-corrected chi connectivity index (χ3v) is 5.09. The maximum atomic E-state index is 5.81. The fraction of sp³-hybridized carbons (Fsp3) is 0.438. The summed E-state index contributed by atoms with van der Waals surface area (Å²) in [5.74, 6) is 0. The van der Waals surface area contributed by atoms with E-state index in [1.165, 1.54) is 0 Å². The number of nitrogen functional groups attached to an aromatic ring is 1. The van der Waals surface area contributed by atoms with E-state index in [4.69, 9.17) is 5.73 Å². The van der Waals surface area contributed by atoms with Crippen LogP contribution in [-0.2, 0) is 0 Å². The van der Waals surface area contributed by atoms with Crippen LogP contribution in [0.3, 0.4) is 0 Å². The molecular formula is C16H21N3. The van der Waals surface area contributed by atoms with Gasteiger partial charge < -0.3 is 11.1 Å². The number of nitrogens with zero attached hydrogens (tertiary/aromatic N) is 1. The average Bonchev–Trinajstić information content (AvgIpc) is 2.71. The van der Waals surface area contributed by atoms with Gasteiger partial charge >= 0.3 is 0 Å². The van der Waals surface area contributed by atoms with E-state index in [0.29, 0.717) is 16.9 Å². The van der Waals surface area contributed by atoms with Crippen molar-refractivity contribution in [1.29, 1.82) is 0 Å². The summed E-state index contributed by atoms with van der Waals surface area (Å²) >= 11 is 0. The Labute approximate surface area is 114 Å². The van der Waals surface area contributed by atoms with Crippen LogP contribution in [0.15, 0.2) is 30.5 Å². The van der Waals surface area contributed by atoms with Gasteiger partial charge in [0.25, 0.3) is 0 Å². The molecule has 100 valence electrons. The molecule has 0 amide bonds. The Kier molecular flexibility index (Phi) is 2.34. The molecule has 3 rings (SSSR count). The number of nitrogens with one attached hydrogen (secondary N) is 1. The Balaban J connectivity index is 1.99. The van der Waals surface area contributed by atoms with Gasteiger partial charge in [-0.15, -0.1) is 0 Å². The zero-order valence-electron chi connectivity index (χ0n) is 12.0. The van der Waals surface area contributed by atoms with Crippen LogP contribution in [0.5, 0.6) is 0 Å². The summed E-state index contributed by atoms with van der Waals surface area (Å²) in [5.41, 5.74) is 9.29. The van der Waals surface area contributed by atoms with Gasteiger partial charge in [0.1, 0.15) is 0 Å². The monoisotopic (exact) mass is 255 g/mol. The van der Waals surface area contributed by atoms with E-state index in [-0.39, 0.29) is 0 Å². The summed E-state index contributed by atoms with van der Waals surface area (Å²) in [6.07, 6.45) is 1.84. The summed E-state index contributed by atoms with van der Waals surface area (Å²) in [5, 5.41) is 4.81. The third-order valence-electron chi connectivity index (χ3n) is 5.09. The third kappa shape index (κ3) is 1.68. The molecule has 0 unspecified atom stereocenters. The van der Waals surface area contributed by atoms with Gasteiger partial charge in [-0.2, -0.15) is 0 Å². The largest absolute Gasteiger partial charge is 0.399 e. The number of benzene rings is 1. The van der Waals surface area contributed by atoms with Crippen molar-refractivity contribution in [2.45, 2.75) is 33.7 Å². The summed E-state index contributed by atoms with van der Waals surface area (Å²) in [4.78, 5) is 4.38. The molecule has 1 saturated carbocycles. The van der Waals surface area contributed by atoms with Crippen LogP contribution < -0.4 is 11.1 Å². The van der Waals surface area contributed by atoms with Crippen LogP contribution in [0, 0.1) is 10.8 Å². The number of rotatable bonds is 2. The van der Waals surface area contributed by atoms with E-state index in [0.717, 1.165) is 22.3 Å². The second-order valence-electron chi connectivity index (χ2n) is 6.66. The van der Waals surface area contributed by atoms with E-state index < -0.39 is 0 Å². The maximum absolute atomic E-state index is 5.81. The number of anilines is 2. The molecule has 0 aliphatic heterocycles. The van der Waals surface area contributed by atoms with Crippen molar-refractivity contribution in [3.63, 3.8) is 0 Å². The highest BCUT2D eigenvalue weighted by Crippen LogP contribution is 2.63. The molecule has 1 aliphatic rings. The molecule has 1 aliphatic carbocycles. The second kappa shape index (κ2) is 3.62.